The SMILES string of the molecule is COC(=O)c1ccc(CNSc2ccc(C)cc2)cc1. The Morgan fingerprint density at radius 2 is 1.75 bits per heavy atom. The van der Waals surface area contributed by atoms with E-state index in [1.54, 1.807) is 24.1 Å². The third-order valence-electron chi connectivity index (χ3n) is 2.86. The molecule has 0 aliphatic carbocycles. The standard InChI is InChI=1S/C16H17NO2S/c1-12-3-9-15(10-4-12)20-17-11-13-5-7-14(8-6-13)16(18)19-2/h3-10,17H,11H2,1-2H3. The number of methoxy groups -OCH3 is 1. The monoisotopic (exact) mass is 287 g/mol. The molecule has 104 valence electrons. The second-order valence-electron chi connectivity index (χ2n) is 4.42. The molecule has 0 aliphatic heterocycles. The number of aryl methyl sites for hydroxylation is 1. The van der Waals surface area contributed by atoms with Gasteiger partial charge in [0.15, 0.2) is 0 Å². The first-order chi connectivity index (χ1) is 9.69. The van der Waals surface area contributed by atoms with E-state index in [0.29, 0.717) is 5.56 Å². The summed E-state index contributed by atoms with van der Waals surface area (Å²) in [6, 6.07) is 15.8. The molecule has 3 nitrogen and oxygen atoms in total. The molecule has 2 rings (SSSR count). The van der Waals surface area contributed by atoms with Gasteiger partial charge in [-0.25, -0.2) is 4.79 Å². The van der Waals surface area contributed by atoms with Gasteiger partial charge in [-0.2, -0.15) is 0 Å². The number of nitrogens with one attached hydrogen (secondary N) is 1. The Bertz CT molecular complexity index is 564. The summed E-state index contributed by atoms with van der Waals surface area (Å²) in [6.07, 6.45) is 0. The normalized spacial score (nSPS) is 10.3. The predicted molar refractivity (Wildman–Crippen MR) is 81.7 cm³/mol. The van der Waals surface area contributed by atoms with E-state index < -0.39 is 0 Å². The van der Waals surface area contributed by atoms with Crippen LogP contribution >= 0.6 is 11.9 Å². The molecule has 0 aromatic heterocycles. The number of ether oxygens (including phenoxy) is 1. The highest BCUT2D eigenvalue weighted by atomic mass is 32.2. The molecule has 0 spiro atoms. The summed E-state index contributed by atoms with van der Waals surface area (Å²) in [6.45, 7) is 2.81. The number of carbonyl (C=O) groups is 1. The van der Waals surface area contributed by atoms with Gasteiger partial charge in [0.25, 0.3) is 0 Å². The fraction of sp³-hybridized carbons (Fsp3) is 0.188. The van der Waals surface area contributed by atoms with Crippen molar-refractivity contribution in [2.24, 2.45) is 0 Å². The molecular formula is C16H17NO2S. The van der Waals surface area contributed by atoms with Crippen LogP contribution in [0.3, 0.4) is 0 Å². The Balaban J connectivity index is 1.85. The number of hydrogen-bond donors (Lipinski definition) is 1. The van der Waals surface area contributed by atoms with Crippen molar-refractivity contribution in [2.45, 2.75) is 18.4 Å². The van der Waals surface area contributed by atoms with Crippen LogP contribution in [-0.2, 0) is 11.3 Å². The van der Waals surface area contributed by atoms with Crippen LogP contribution in [0.1, 0.15) is 21.5 Å². The molecule has 0 bridgehead atoms. The van der Waals surface area contributed by atoms with Gasteiger partial charge in [0, 0.05) is 11.4 Å². The van der Waals surface area contributed by atoms with Gasteiger partial charge in [-0.15, -0.1) is 0 Å². The van der Waals surface area contributed by atoms with Crippen LogP contribution in [0, 0.1) is 6.92 Å². The maximum Gasteiger partial charge on any atom is 0.337 e. The van der Waals surface area contributed by atoms with Crippen LogP contribution in [0.5, 0.6) is 0 Å². The van der Waals surface area contributed by atoms with Gasteiger partial charge >= 0.3 is 5.97 Å². The molecule has 2 aromatic rings. The molecular weight excluding hydrogens is 270 g/mol. The summed E-state index contributed by atoms with van der Waals surface area (Å²) < 4.78 is 7.97. The summed E-state index contributed by atoms with van der Waals surface area (Å²) in [5.41, 5.74) is 2.95. The van der Waals surface area contributed by atoms with E-state index in [9.17, 15) is 4.79 Å². The molecule has 0 radical (unpaired) electrons. The quantitative estimate of drug-likeness (QED) is 0.674. The summed E-state index contributed by atoms with van der Waals surface area (Å²) in [5.74, 6) is -0.307. The summed E-state index contributed by atoms with van der Waals surface area (Å²) in [4.78, 5) is 12.5. The zero-order valence-corrected chi connectivity index (χ0v) is 12.4. The highest BCUT2D eigenvalue weighted by Crippen LogP contribution is 2.16. The van der Waals surface area contributed by atoms with Crippen molar-refractivity contribution in [1.82, 2.24) is 4.72 Å². The zero-order valence-electron chi connectivity index (χ0n) is 11.6. The van der Waals surface area contributed by atoms with Crippen LogP contribution in [0.15, 0.2) is 53.4 Å². The van der Waals surface area contributed by atoms with Gasteiger partial charge in [0.05, 0.1) is 12.7 Å². The largest absolute Gasteiger partial charge is 0.465 e. The topological polar surface area (TPSA) is 38.3 Å². The highest BCUT2D eigenvalue weighted by molar-refractivity contribution is 7.97. The number of benzene rings is 2. The van der Waals surface area contributed by atoms with Crippen LogP contribution < -0.4 is 4.72 Å². The minimum Gasteiger partial charge on any atom is -0.465 e. The molecule has 0 amide bonds. The molecule has 0 saturated heterocycles. The van der Waals surface area contributed by atoms with Crippen molar-refractivity contribution in [3.8, 4) is 0 Å². The summed E-state index contributed by atoms with van der Waals surface area (Å²) >= 11 is 1.60. The van der Waals surface area contributed by atoms with Gasteiger partial charge in [0.2, 0.25) is 0 Å². The van der Waals surface area contributed by atoms with E-state index in [2.05, 4.69) is 40.6 Å². The van der Waals surface area contributed by atoms with Crippen molar-refractivity contribution in [3.05, 3.63) is 65.2 Å². The number of rotatable bonds is 5. The smallest absolute Gasteiger partial charge is 0.337 e. The lowest BCUT2D eigenvalue weighted by Gasteiger charge is -2.05. The lowest BCUT2D eigenvalue weighted by molar-refractivity contribution is 0.0600. The molecule has 0 atom stereocenters. The van der Waals surface area contributed by atoms with Crippen molar-refractivity contribution in [2.75, 3.05) is 7.11 Å². The molecule has 4 heteroatoms. The van der Waals surface area contributed by atoms with Crippen molar-refractivity contribution in [1.29, 1.82) is 0 Å². The Kier molecular flexibility index (Phi) is 5.21. The predicted octanol–water partition coefficient (Wildman–Crippen LogP) is 3.58. The van der Waals surface area contributed by atoms with E-state index in [1.807, 2.05) is 12.1 Å². The average Bonchev–Trinajstić information content (AvgIpc) is 2.49. The van der Waals surface area contributed by atoms with Gasteiger partial charge < -0.3 is 4.74 Å². The van der Waals surface area contributed by atoms with E-state index in [-0.39, 0.29) is 5.97 Å². The molecule has 1 N–H and O–H groups in total. The maximum absolute atomic E-state index is 11.3. The average molecular weight is 287 g/mol. The van der Waals surface area contributed by atoms with E-state index in [4.69, 9.17) is 0 Å². The minimum atomic E-state index is -0.307. The Morgan fingerprint density at radius 3 is 2.35 bits per heavy atom. The van der Waals surface area contributed by atoms with E-state index in [0.717, 1.165) is 12.1 Å². The molecule has 0 unspecified atom stereocenters. The molecule has 2 aromatic carbocycles. The zero-order chi connectivity index (χ0) is 14.4. The third-order valence-corrected chi connectivity index (χ3v) is 3.66. The van der Waals surface area contributed by atoms with E-state index >= 15 is 0 Å². The van der Waals surface area contributed by atoms with Gasteiger partial charge in [-0.1, -0.05) is 29.8 Å². The van der Waals surface area contributed by atoms with Gasteiger partial charge in [0.1, 0.15) is 0 Å². The van der Waals surface area contributed by atoms with Crippen molar-refractivity contribution < 1.29 is 9.53 Å². The molecule has 20 heavy (non-hydrogen) atoms. The summed E-state index contributed by atoms with van der Waals surface area (Å²) in [7, 11) is 1.38. The first kappa shape index (κ1) is 14.6. The second kappa shape index (κ2) is 7.12. The first-order valence-corrected chi connectivity index (χ1v) is 7.14. The minimum absolute atomic E-state index is 0.307. The maximum atomic E-state index is 11.3. The molecule has 0 heterocycles. The third kappa shape index (κ3) is 4.11. The lowest BCUT2D eigenvalue weighted by atomic mass is 10.1. The van der Waals surface area contributed by atoms with Crippen LogP contribution in [0.4, 0.5) is 0 Å². The van der Waals surface area contributed by atoms with Gasteiger partial charge in [-0.05, 0) is 48.7 Å². The fourth-order valence-corrected chi connectivity index (χ4v) is 2.36. The lowest BCUT2D eigenvalue weighted by Crippen LogP contribution is -2.04. The van der Waals surface area contributed by atoms with Crippen molar-refractivity contribution >= 4 is 17.9 Å². The molecule has 0 fully saturated rings. The molecule has 0 saturated carbocycles. The van der Waals surface area contributed by atoms with Crippen LogP contribution in [0.2, 0.25) is 0 Å². The number of hydrogen-bond acceptors (Lipinski definition) is 4. The van der Waals surface area contributed by atoms with Gasteiger partial charge in [-0.3, -0.25) is 4.72 Å². The van der Waals surface area contributed by atoms with Crippen LogP contribution in [0.25, 0.3) is 0 Å². The Labute approximate surface area is 123 Å². The number of esters is 1. The first-order valence-electron chi connectivity index (χ1n) is 6.32. The molecule has 0 aliphatic rings. The second-order valence-corrected chi connectivity index (χ2v) is 5.39. The van der Waals surface area contributed by atoms with E-state index in [1.165, 1.54) is 17.6 Å². The number of carbonyl (C=O) groups excluding carboxylic acids is 1. The Hall–Kier alpha value is -1.78. The fourth-order valence-electron chi connectivity index (χ4n) is 1.69. The Morgan fingerprint density at radius 1 is 1.10 bits per heavy atom. The van der Waals surface area contributed by atoms with Crippen LogP contribution in [-0.4, -0.2) is 13.1 Å². The summed E-state index contributed by atoms with van der Waals surface area (Å²) in [5, 5.41) is 0. The van der Waals surface area contributed by atoms with Crippen molar-refractivity contribution in [3.63, 3.8) is 0 Å². The highest BCUT2D eigenvalue weighted by Gasteiger charge is 2.04.